The SMILES string of the molecule is COC(=O)C(O)C(O)c1ccc(O)c(OCc2ccccc2)c1. The van der Waals surface area contributed by atoms with Crippen LogP contribution in [-0.2, 0) is 16.1 Å². The third kappa shape index (κ3) is 4.21. The molecule has 0 saturated heterocycles. The Hall–Kier alpha value is -2.57. The predicted molar refractivity (Wildman–Crippen MR) is 81.9 cm³/mol. The molecule has 0 heterocycles. The quantitative estimate of drug-likeness (QED) is 0.699. The minimum absolute atomic E-state index is 0.107. The molecular weight excluding hydrogens is 300 g/mol. The number of benzene rings is 2. The average Bonchev–Trinajstić information content (AvgIpc) is 2.60. The number of methoxy groups -OCH3 is 1. The molecule has 0 spiro atoms. The van der Waals surface area contributed by atoms with Crippen LogP contribution in [0.4, 0.5) is 0 Å². The van der Waals surface area contributed by atoms with Gasteiger partial charge in [0.25, 0.3) is 0 Å². The topological polar surface area (TPSA) is 96.2 Å². The molecule has 2 unspecified atom stereocenters. The number of carbonyl (C=O) groups excluding carboxylic acids is 1. The zero-order valence-electron chi connectivity index (χ0n) is 12.5. The van der Waals surface area contributed by atoms with E-state index in [1.807, 2.05) is 30.3 Å². The first-order valence-corrected chi connectivity index (χ1v) is 6.96. The van der Waals surface area contributed by atoms with Crippen molar-refractivity contribution in [3.8, 4) is 11.5 Å². The molecule has 0 aromatic heterocycles. The summed E-state index contributed by atoms with van der Waals surface area (Å²) >= 11 is 0. The summed E-state index contributed by atoms with van der Waals surface area (Å²) < 4.78 is 9.91. The van der Waals surface area contributed by atoms with Crippen LogP contribution in [0.1, 0.15) is 17.2 Å². The van der Waals surface area contributed by atoms with Crippen LogP contribution in [0, 0.1) is 0 Å². The lowest BCUT2D eigenvalue weighted by Gasteiger charge is -2.17. The smallest absolute Gasteiger partial charge is 0.337 e. The number of rotatable bonds is 6. The molecule has 122 valence electrons. The Bertz CT molecular complexity index is 655. The zero-order valence-corrected chi connectivity index (χ0v) is 12.5. The molecule has 2 aromatic rings. The van der Waals surface area contributed by atoms with Crippen LogP contribution in [0.15, 0.2) is 48.5 Å². The van der Waals surface area contributed by atoms with Gasteiger partial charge in [0.15, 0.2) is 17.6 Å². The van der Waals surface area contributed by atoms with Gasteiger partial charge >= 0.3 is 5.97 Å². The Morgan fingerprint density at radius 2 is 1.83 bits per heavy atom. The van der Waals surface area contributed by atoms with Gasteiger partial charge in [-0.2, -0.15) is 0 Å². The fourth-order valence-corrected chi connectivity index (χ4v) is 2.00. The van der Waals surface area contributed by atoms with E-state index < -0.39 is 18.2 Å². The highest BCUT2D eigenvalue weighted by atomic mass is 16.5. The van der Waals surface area contributed by atoms with E-state index in [2.05, 4.69) is 4.74 Å². The summed E-state index contributed by atoms with van der Waals surface area (Å²) in [6.45, 7) is 0.230. The van der Waals surface area contributed by atoms with Crippen LogP contribution in [-0.4, -0.2) is 34.5 Å². The Morgan fingerprint density at radius 1 is 1.13 bits per heavy atom. The third-order valence-corrected chi connectivity index (χ3v) is 3.30. The standard InChI is InChI=1S/C17H18O6/c1-22-17(21)16(20)15(19)12-7-8-13(18)14(9-12)23-10-11-5-3-2-4-6-11/h2-9,15-16,18-20H,10H2,1H3. The van der Waals surface area contributed by atoms with E-state index in [0.717, 1.165) is 12.7 Å². The first-order valence-electron chi connectivity index (χ1n) is 6.96. The van der Waals surface area contributed by atoms with Crippen molar-refractivity contribution in [3.63, 3.8) is 0 Å². The van der Waals surface area contributed by atoms with E-state index in [-0.39, 0.29) is 23.7 Å². The summed E-state index contributed by atoms with van der Waals surface area (Å²) in [6.07, 6.45) is -3.20. The number of esters is 1. The van der Waals surface area contributed by atoms with Crippen LogP contribution >= 0.6 is 0 Å². The molecule has 0 radical (unpaired) electrons. The largest absolute Gasteiger partial charge is 0.504 e. The summed E-state index contributed by atoms with van der Waals surface area (Å²) in [6, 6.07) is 13.4. The molecular formula is C17H18O6. The summed E-state index contributed by atoms with van der Waals surface area (Å²) in [5.41, 5.74) is 1.14. The molecule has 2 aromatic carbocycles. The zero-order chi connectivity index (χ0) is 16.8. The van der Waals surface area contributed by atoms with E-state index in [1.54, 1.807) is 0 Å². The average molecular weight is 318 g/mol. The van der Waals surface area contributed by atoms with Crippen molar-refractivity contribution in [1.82, 2.24) is 0 Å². The lowest BCUT2D eigenvalue weighted by Crippen LogP contribution is -2.29. The molecule has 23 heavy (non-hydrogen) atoms. The number of hydrogen-bond donors (Lipinski definition) is 3. The number of carbonyl (C=O) groups is 1. The number of hydrogen-bond acceptors (Lipinski definition) is 6. The second kappa shape index (κ2) is 7.62. The second-order valence-corrected chi connectivity index (χ2v) is 4.91. The number of ether oxygens (including phenoxy) is 2. The summed E-state index contributed by atoms with van der Waals surface area (Å²) in [5, 5.41) is 29.5. The predicted octanol–water partition coefficient (Wildman–Crippen LogP) is 1.54. The maximum atomic E-state index is 11.3. The lowest BCUT2D eigenvalue weighted by atomic mass is 10.0. The molecule has 2 atom stereocenters. The van der Waals surface area contributed by atoms with Gasteiger partial charge in [-0.25, -0.2) is 4.79 Å². The van der Waals surface area contributed by atoms with Crippen LogP contribution in [0.5, 0.6) is 11.5 Å². The minimum Gasteiger partial charge on any atom is -0.504 e. The van der Waals surface area contributed by atoms with E-state index in [1.165, 1.54) is 18.2 Å². The van der Waals surface area contributed by atoms with Crippen molar-refractivity contribution < 1.29 is 29.6 Å². The number of phenols is 1. The van der Waals surface area contributed by atoms with Gasteiger partial charge in [-0.15, -0.1) is 0 Å². The molecule has 6 nitrogen and oxygen atoms in total. The summed E-state index contributed by atoms with van der Waals surface area (Å²) in [7, 11) is 1.11. The van der Waals surface area contributed by atoms with Crippen molar-refractivity contribution in [3.05, 3.63) is 59.7 Å². The van der Waals surface area contributed by atoms with Gasteiger partial charge in [0, 0.05) is 0 Å². The monoisotopic (exact) mass is 318 g/mol. The Balaban J connectivity index is 2.13. The van der Waals surface area contributed by atoms with Crippen molar-refractivity contribution >= 4 is 5.97 Å². The molecule has 0 fully saturated rings. The van der Waals surface area contributed by atoms with Gasteiger partial charge in [-0.05, 0) is 23.3 Å². The Labute approximate surface area is 133 Å². The van der Waals surface area contributed by atoms with Crippen LogP contribution in [0.3, 0.4) is 0 Å². The first kappa shape index (κ1) is 16.8. The highest BCUT2D eigenvalue weighted by Gasteiger charge is 2.27. The molecule has 0 aliphatic heterocycles. The fraction of sp³-hybridized carbons (Fsp3) is 0.235. The fourth-order valence-electron chi connectivity index (χ4n) is 2.00. The molecule has 2 rings (SSSR count). The highest BCUT2D eigenvalue weighted by molar-refractivity contribution is 5.75. The van der Waals surface area contributed by atoms with Crippen molar-refractivity contribution in [2.24, 2.45) is 0 Å². The Kier molecular flexibility index (Phi) is 5.56. The number of aliphatic hydroxyl groups excluding tert-OH is 2. The van der Waals surface area contributed by atoms with Gasteiger partial charge in [0.2, 0.25) is 0 Å². The van der Waals surface area contributed by atoms with Gasteiger partial charge < -0.3 is 24.8 Å². The summed E-state index contributed by atoms with van der Waals surface area (Å²) in [4.78, 5) is 11.3. The van der Waals surface area contributed by atoms with Gasteiger partial charge in [0.05, 0.1) is 7.11 Å². The number of aromatic hydroxyl groups is 1. The second-order valence-electron chi connectivity index (χ2n) is 4.91. The number of aliphatic hydroxyl groups is 2. The van der Waals surface area contributed by atoms with Gasteiger partial charge in [0.1, 0.15) is 12.7 Å². The Morgan fingerprint density at radius 3 is 2.48 bits per heavy atom. The molecule has 0 saturated carbocycles. The van der Waals surface area contributed by atoms with Crippen LogP contribution in [0.25, 0.3) is 0 Å². The molecule has 0 aliphatic carbocycles. The first-order chi connectivity index (χ1) is 11.0. The van der Waals surface area contributed by atoms with Crippen molar-refractivity contribution in [1.29, 1.82) is 0 Å². The van der Waals surface area contributed by atoms with E-state index >= 15 is 0 Å². The molecule has 3 N–H and O–H groups in total. The van der Waals surface area contributed by atoms with Gasteiger partial charge in [-0.1, -0.05) is 36.4 Å². The van der Waals surface area contributed by atoms with E-state index in [9.17, 15) is 20.1 Å². The third-order valence-electron chi connectivity index (χ3n) is 3.30. The van der Waals surface area contributed by atoms with Crippen LogP contribution < -0.4 is 4.74 Å². The summed E-state index contributed by atoms with van der Waals surface area (Å²) in [5.74, 6) is -0.913. The molecule has 0 amide bonds. The van der Waals surface area contributed by atoms with Crippen LogP contribution in [0.2, 0.25) is 0 Å². The van der Waals surface area contributed by atoms with Crippen molar-refractivity contribution in [2.75, 3.05) is 7.11 Å². The maximum absolute atomic E-state index is 11.3. The van der Waals surface area contributed by atoms with E-state index in [0.29, 0.717) is 0 Å². The highest BCUT2D eigenvalue weighted by Crippen LogP contribution is 2.31. The van der Waals surface area contributed by atoms with Gasteiger partial charge in [-0.3, -0.25) is 0 Å². The van der Waals surface area contributed by atoms with Crippen molar-refractivity contribution in [2.45, 2.75) is 18.8 Å². The number of phenolic OH excluding ortho intramolecular Hbond substituents is 1. The molecule has 6 heteroatoms. The van der Waals surface area contributed by atoms with E-state index in [4.69, 9.17) is 4.74 Å². The maximum Gasteiger partial charge on any atom is 0.337 e. The lowest BCUT2D eigenvalue weighted by molar-refractivity contribution is -0.156. The molecule has 0 aliphatic rings. The molecule has 0 bridgehead atoms. The normalized spacial score (nSPS) is 13.2. The minimum atomic E-state index is -1.72.